The predicted molar refractivity (Wildman–Crippen MR) is 57.8 cm³/mol. The van der Waals surface area contributed by atoms with Crippen molar-refractivity contribution in [3.05, 3.63) is 29.8 Å². The quantitative estimate of drug-likeness (QED) is 0.766. The van der Waals surface area contributed by atoms with E-state index in [1.54, 1.807) is 12.1 Å². The van der Waals surface area contributed by atoms with Crippen LogP contribution in [-0.2, 0) is 4.79 Å². The molecule has 1 aliphatic rings. The molecule has 0 saturated heterocycles. The topological polar surface area (TPSA) is 46.2 Å². The molecule has 0 aromatic heterocycles. The molecule has 1 fully saturated rings. The Hall–Kier alpha value is -1.64. The van der Waals surface area contributed by atoms with Crippen LogP contribution in [0, 0.1) is 5.92 Å². The molecule has 3 heteroatoms. The molecule has 1 N–H and O–H groups in total. The number of hydrogen-bond donors (Lipinski definition) is 1. The molecule has 1 amide bonds. The minimum absolute atomic E-state index is 0.147. The SMILES string of the molecule is CC(=O)Nc1ccccc1C(=O)C1CC1. The van der Waals surface area contributed by atoms with Crippen LogP contribution in [0.2, 0.25) is 0 Å². The summed E-state index contributed by atoms with van der Waals surface area (Å²) in [4.78, 5) is 22.8. The second kappa shape index (κ2) is 3.85. The van der Waals surface area contributed by atoms with Gasteiger partial charge >= 0.3 is 0 Å². The lowest BCUT2D eigenvalue weighted by Crippen LogP contribution is -2.11. The van der Waals surface area contributed by atoms with Gasteiger partial charge in [-0.05, 0) is 25.0 Å². The Kier molecular flexibility index (Phi) is 2.54. The van der Waals surface area contributed by atoms with E-state index in [1.165, 1.54) is 6.92 Å². The number of carbonyl (C=O) groups is 2. The first-order chi connectivity index (χ1) is 7.18. The number of rotatable bonds is 3. The monoisotopic (exact) mass is 203 g/mol. The van der Waals surface area contributed by atoms with Crippen LogP contribution in [0.3, 0.4) is 0 Å². The Morgan fingerprint density at radius 3 is 2.53 bits per heavy atom. The van der Waals surface area contributed by atoms with Gasteiger partial charge in [0.05, 0.1) is 5.69 Å². The molecule has 3 nitrogen and oxygen atoms in total. The summed E-state index contributed by atoms with van der Waals surface area (Å²) in [6, 6.07) is 7.17. The molecule has 78 valence electrons. The summed E-state index contributed by atoms with van der Waals surface area (Å²) in [5.41, 5.74) is 1.26. The summed E-state index contributed by atoms with van der Waals surface area (Å²) in [5.74, 6) is 0.185. The van der Waals surface area contributed by atoms with Crippen LogP contribution in [0.4, 0.5) is 5.69 Å². The van der Waals surface area contributed by atoms with E-state index < -0.39 is 0 Å². The number of para-hydroxylation sites is 1. The third-order valence-corrected chi connectivity index (χ3v) is 2.45. The van der Waals surface area contributed by atoms with Crippen LogP contribution in [0.15, 0.2) is 24.3 Å². The predicted octanol–water partition coefficient (Wildman–Crippen LogP) is 2.24. The maximum atomic E-state index is 11.9. The third kappa shape index (κ3) is 2.24. The molecule has 0 heterocycles. The molecule has 1 saturated carbocycles. The first-order valence-electron chi connectivity index (χ1n) is 5.09. The van der Waals surface area contributed by atoms with Crippen LogP contribution in [0.25, 0.3) is 0 Å². The van der Waals surface area contributed by atoms with Crippen molar-refractivity contribution in [2.24, 2.45) is 5.92 Å². The molecular weight excluding hydrogens is 190 g/mol. The average Bonchev–Trinajstić information content (AvgIpc) is 3.00. The number of Topliss-reactive ketones (excluding diaryl/α,β-unsaturated/α-hetero) is 1. The molecule has 1 aliphatic carbocycles. The number of carbonyl (C=O) groups excluding carboxylic acids is 2. The summed E-state index contributed by atoms with van der Waals surface area (Å²) in [6.07, 6.45) is 1.96. The molecule has 0 bridgehead atoms. The van der Waals surface area contributed by atoms with Gasteiger partial charge in [0, 0.05) is 18.4 Å². The van der Waals surface area contributed by atoms with Crippen molar-refractivity contribution >= 4 is 17.4 Å². The Morgan fingerprint density at radius 1 is 1.27 bits per heavy atom. The standard InChI is InChI=1S/C12H13NO2/c1-8(14)13-11-5-3-2-4-10(11)12(15)9-6-7-9/h2-5,9H,6-7H2,1H3,(H,13,14). The largest absolute Gasteiger partial charge is 0.326 e. The van der Waals surface area contributed by atoms with Crippen molar-refractivity contribution in [2.75, 3.05) is 5.32 Å². The van der Waals surface area contributed by atoms with Gasteiger partial charge in [0.25, 0.3) is 0 Å². The lowest BCUT2D eigenvalue weighted by Gasteiger charge is -2.07. The Labute approximate surface area is 88.5 Å². The number of ketones is 1. The van der Waals surface area contributed by atoms with E-state index in [-0.39, 0.29) is 17.6 Å². The molecule has 0 spiro atoms. The summed E-state index contributed by atoms with van der Waals surface area (Å²) in [7, 11) is 0. The maximum Gasteiger partial charge on any atom is 0.221 e. The molecule has 1 aromatic carbocycles. The fourth-order valence-electron chi connectivity index (χ4n) is 1.56. The van der Waals surface area contributed by atoms with E-state index in [0.717, 1.165) is 12.8 Å². The zero-order valence-corrected chi connectivity index (χ0v) is 8.62. The van der Waals surface area contributed by atoms with Crippen LogP contribution in [-0.4, -0.2) is 11.7 Å². The highest BCUT2D eigenvalue weighted by Crippen LogP contribution is 2.34. The normalized spacial score (nSPS) is 14.7. The van der Waals surface area contributed by atoms with Gasteiger partial charge in [0.2, 0.25) is 5.91 Å². The Bertz CT molecular complexity index is 408. The van der Waals surface area contributed by atoms with Gasteiger partial charge in [-0.15, -0.1) is 0 Å². The van der Waals surface area contributed by atoms with E-state index in [2.05, 4.69) is 5.32 Å². The van der Waals surface area contributed by atoms with Crippen molar-refractivity contribution in [2.45, 2.75) is 19.8 Å². The van der Waals surface area contributed by atoms with Gasteiger partial charge in [-0.1, -0.05) is 12.1 Å². The summed E-state index contributed by atoms with van der Waals surface area (Å²) in [6.45, 7) is 1.44. The first kappa shape index (κ1) is 9.90. The van der Waals surface area contributed by atoms with Gasteiger partial charge < -0.3 is 5.32 Å². The van der Waals surface area contributed by atoms with E-state index >= 15 is 0 Å². The first-order valence-corrected chi connectivity index (χ1v) is 5.09. The molecule has 0 atom stereocenters. The Morgan fingerprint density at radius 2 is 1.93 bits per heavy atom. The van der Waals surface area contributed by atoms with Gasteiger partial charge in [0.1, 0.15) is 0 Å². The Balaban J connectivity index is 2.28. The van der Waals surface area contributed by atoms with Crippen LogP contribution < -0.4 is 5.32 Å². The smallest absolute Gasteiger partial charge is 0.221 e. The molecule has 15 heavy (non-hydrogen) atoms. The maximum absolute atomic E-state index is 11.9. The van der Waals surface area contributed by atoms with Crippen molar-refractivity contribution in [3.8, 4) is 0 Å². The van der Waals surface area contributed by atoms with Crippen molar-refractivity contribution in [1.82, 2.24) is 0 Å². The van der Waals surface area contributed by atoms with Gasteiger partial charge in [-0.25, -0.2) is 0 Å². The fraction of sp³-hybridized carbons (Fsp3) is 0.333. The average molecular weight is 203 g/mol. The van der Waals surface area contributed by atoms with Gasteiger partial charge in [0.15, 0.2) is 5.78 Å². The zero-order chi connectivity index (χ0) is 10.8. The lowest BCUT2D eigenvalue weighted by molar-refractivity contribution is -0.114. The highest BCUT2D eigenvalue weighted by Gasteiger charge is 2.31. The second-order valence-corrected chi connectivity index (χ2v) is 3.87. The van der Waals surface area contributed by atoms with Crippen LogP contribution in [0.1, 0.15) is 30.1 Å². The molecule has 0 unspecified atom stereocenters. The van der Waals surface area contributed by atoms with Gasteiger partial charge in [-0.3, -0.25) is 9.59 Å². The molecule has 0 aliphatic heterocycles. The second-order valence-electron chi connectivity index (χ2n) is 3.87. The fourth-order valence-corrected chi connectivity index (χ4v) is 1.56. The zero-order valence-electron chi connectivity index (χ0n) is 8.62. The minimum Gasteiger partial charge on any atom is -0.326 e. The van der Waals surface area contributed by atoms with Crippen molar-refractivity contribution in [3.63, 3.8) is 0 Å². The van der Waals surface area contributed by atoms with Crippen molar-refractivity contribution in [1.29, 1.82) is 0 Å². The number of anilines is 1. The van der Waals surface area contributed by atoms with E-state index in [4.69, 9.17) is 0 Å². The van der Waals surface area contributed by atoms with Crippen molar-refractivity contribution < 1.29 is 9.59 Å². The van der Waals surface area contributed by atoms with E-state index in [1.807, 2.05) is 12.1 Å². The molecule has 2 rings (SSSR count). The number of nitrogens with one attached hydrogen (secondary N) is 1. The van der Waals surface area contributed by atoms with E-state index in [9.17, 15) is 9.59 Å². The van der Waals surface area contributed by atoms with E-state index in [0.29, 0.717) is 11.3 Å². The lowest BCUT2D eigenvalue weighted by atomic mass is 10.1. The third-order valence-electron chi connectivity index (χ3n) is 2.45. The molecule has 0 radical (unpaired) electrons. The summed E-state index contributed by atoms with van der Waals surface area (Å²) < 4.78 is 0. The molecule has 1 aromatic rings. The summed E-state index contributed by atoms with van der Waals surface area (Å²) in [5, 5.41) is 2.68. The minimum atomic E-state index is -0.147. The molecular formula is C12H13NO2. The van der Waals surface area contributed by atoms with Crippen LogP contribution in [0.5, 0.6) is 0 Å². The number of benzene rings is 1. The highest BCUT2D eigenvalue weighted by atomic mass is 16.1. The number of hydrogen-bond acceptors (Lipinski definition) is 2. The van der Waals surface area contributed by atoms with Crippen LogP contribution >= 0.6 is 0 Å². The highest BCUT2D eigenvalue weighted by molar-refractivity contribution is 6.06. The summed E-state index contributed by atoms with van der Waals surface area (Å²) >= 11 is 0. The number of amides is 1. The van der Waals surface area contributed by atoms with Gasteiger partial charge in [-0.2, -0.15) is 0 Å².